The minimum Gasteiger partial charge on any atom is -0.475 e. The Bertz CT molecular complexity index is 1540. The van der Waals surface area contributed by atoms with E-state index in [2.05, 4.69) is 15.1 Å². The Hall–Kier alpha value is -5.17. The normalized spacial score (nSPS) is 12.3. The highest BCUT2D eigenvalue weighted by Crippen LogP contribution is 2.32. The Morgan fingerprint density at radius 3 is 1.88 bits per heavy atom. The fraction of sp³-hybridized carbons (Fsp3) is 0.217. The molecule has 0 aliphatic rings. The minimum atomic E-state index is -5.08. The number of carbonyl (C=O) groups excluding carboxylic acids is 1. The molecule has 3 N–H and O–H groups in total. The molecule has 0 fully saturated rings. The summed E-state index contributed by atoms with van der Waals surface area (Å²) in [5.41, 5.74) is 0.592. The van der Waals surface area contributed by atoms with Crippen molar-refractivity contribution in [1.29, 1.82) is 0 Å². The second-order valence-corrected chi connectivity index (χ2v) is 7.95. The standard InChI is InChI=1S/C19H15F3N6O.2C2HF3O2/c1-27-11-12(10-24-27)17-25-15(14-7-3-5-9-28(14)17)18(29)26-16(19(20,21)22)13-6-2-4-8-23-13;2*3-2(4,5)1(6)7/h2-11,16H,1H3,(H,26,29);2*(H,6,7). The fourth-order valence-corrected chi connectivity index (χ4v) is 3.01. The van der Waals surface area contributed by atoms with Crippen molar-refractivity contribution in [3.63, 3.8) is 0 Å². The molecule has 4 heterocycles. The first-order valence-electron chi connectivity index (χ1n) is 11.1. The molecule has 0 spiro atoms. The first-order valence-corrected chi connectivity index (χ1v) is 11.1. The zero-order valence-electron chi connectivity index (χ0n) is 21.1. The Kier molecular flexibility index (Phi) is 10.5. The van der Waals surface area contributed by atoms with E-state index < -0.39 is 42.4 Å². The number of amides is 1. The highest BCUT2D eigenvalue weighted by atomic mass is 19.4. The van der Waals surface area contributed by atoms with Gasteiger partial charge in [0, 0.05) is 25.6 Å². The summed E-state index contributed by atoms with van der Waals surface area (Å²) in [6, 6.07) is 6.93. The third-order valence-corrected chi connectivity index (χ3v) is 4.80. The summed E-state index contributed by atoms with van der Waals surface area (Å²) in [5, 5.41) is 20.4. The lowest BCUT2D eigenvalue weighted by molar-refractivity contribution is -0.193. The molecule has 1 unspecified atom stereocenters. The zero-order chi connectivity index (χ0) is 32.8. The van der Waals surface area contributed by atoms with Crippen LogP contribution in [0.4, 0.5) is 39.5 Å². The van der Waals surface area contributed by atoms with Crippen LogP contribution in [0.5, 0.6) is 0 Å². The SMILES string of the molecule is Cn1cc(-c2nc(C(=O)NC(c3ccccn3)C(F)(F)F)c3ccccn23)cn1.O=C(O)C(F)(F)F.O=C(O)C(F)(F)F. The summed E-state index contributed by atoms with van der Waals surface area (Å²) in [4.78, 5) is 38.6. The van der Waals surface area contributed by atoms with Crippen LogP contribution < -0.4 is 5.32 Å². The number of nitrogens with zero attached hydrogens (tertiary/aromatic N) is 5. The van der Waals surface area contributed by atoms with Crippen molar-refractivity contribution in [2.75, 3.05) is 0 Å². The predicted molar refractivity (Wildman–Crippen MR) is 125 cm³/mol. The highest BCUT2D eigenvalue weighted by molar-refractivity contribution is 6.00. The number of nitrogens with one attached hydrogen (secondary N) is 1. The van der Waals surface area contributed by atoms with Crippen LogP contribution in [0.3, 0.4) is 0 Å². The molecular weight excluding hydrogens is 611 g/mol. The lowest BCUT2D eigenvalue weighted by atomic mass is 10.1. The Morgan fingerprint density at radius 1 is 0.884 bits per heavy atom. The monoisotopic (exact) mass is 628 g/mol. The predicted octanol–water partition coefficient (Wildman–Crippen LogP) is 4.43. The number of carbonyl (C=O) groups is 3. The van der Waals surface area contributed by atoms with Gasteiger partial charge in [0.1, 0.15) is 5.82 Å². The van der Waals surface area contributed by atoms with Gasteiger partial charge in [-0.15, -0.1) is 0 Å². The van der Waals surface area contributed by atoms with E-state index in [0.717, 1.165) is 0 Å². The molecule has 0 saturated carbocycles. The van der Waals surface area contributed by atoms with Gasteiger partial charge in [0.15, 0.2) is 11.7 Å². The van der Waals surface area contributed by atoms with Gasteiger partial charge >= 0.3 is 30.5 Å². The number of carboxylic acid groups (broad SMARTS) is 2. The summed E-state index contributed by atoms with van der Waals surface area (Å²) in [5.74, 6) is -6.06. The van der Waals surface area contributed by atoms with Crippen molar-refractivity contribution in [3.05, 3.63) is 72.6 Å². The third-order valence-electron chi connectivity index (χ3n) is 4.80. The number of alkyl halides is 9. The second-order valence-electron chi connectivity index (χ2n) is 7.95. The van der Waals surface area contributed by atoms with Gasteiger partial charge in [0.05, 0.1) is 23.0 Å². The van der Waals surface area contributed by atoms with E-state index in [-0.39, 0.29) is 11.4 Å². The van der Waals surface area contributed by atoms with E-state index in [9.17, 15) is 44.3 Å². The number of halogens is 9. The van der Waals surface area contributed by atoms with Crippen LogP contribution in [0, 0.1) is 0 Å². The van der Waals surface area contributed by atoms with Crippen molar-refractivity contribution in [2.24, 2.45) is 7.05 Å². The smallest absolute Gasteiger partial charge is 0.475 e. The number of pyridine rings is 2. The number of rotatable bonds is 4. The maximum absolute atomic E-state index is 13.6. The average molecular weight is 628 g/mol. The molecule has 4 aromatic rings. The molecule has 1 atom stereocenters. The average Bonchev–Trinajstić information content (AvgIpc) is 3.50. The maximum atomic E-state index is 13.6. The number of hydrogen-bond acceptors (Lipinski definition) is 6. The first kappa shape index (κ1) is 34.0. The van der Waals surface area contributed by atoms with E-state index >= 15 is 0 Å². The maximum Gasteiger partial charge on any atom is 0.490 e. The largest absolute Gasteiger partial charge is 0.490 e. The molecule has 232 valence electrons. The number of aromatic nitrogens is 5. The molecule has 0 radical (unpaired) electrons. The van der Waals surface area contributed by atoms with Crippen LogP contribution in [0.1, 0.15) is 22.2 Å². The van der Waals surface area contributed by atoms with Gasteiger partial charge in [-0.05, 0) is 24.3 Å². The van der Waals surface area contributed by atoms with Gasteiger partial charge in [0.2, 0.25) is 0 Å². The molecule has 0 saturated heterocycles. The first-order chi connectivity index (χ1) is 19.7. The number of aryl methyl sites for hydroxylation is 1. The minimum absolute atomic E-state index is 0.116. The molecule has 4 rings (SSSR count). The van der Waals surface area contributed by atoms with Crippen molar-refractivity contribution in [1.82, 2.24) is 29.5 Å². The van der Waals surface area contributed by atoms with E-state index in [1.54, 1.807) is 52.9 Å². The summed E-state index contributed by atoms with van der Waals surface area (Å²) in [7, 11) is 1.73. The van der Waals surface area contributed by atoms with Crippen LogP contribution in [0.15, 0.2) is 61.2 Å². The van der Waals surface area contributed by atoms with Crippen molar-refractivity contribution in [3.8, 4) is 11.4 Å². The van der Waals surface area contributed by atoms with Crippen LogP contribution in [-0.4, -0.2) is 70.7 Å². The summed E-state index contributed by atoms with van der Waals surface area (Å²) >= 11 is 0. The molecule has 0 bridgehead atoms. The number of aliphatic carboxylic acids is 2. The van der Waals surface area contributed by atoms with E-state index in [4.69, 9.17) is 19.8 Å². The van der Waals surface area contributed by atoms with Crippen LogP contribution in [0.2, 0.25) is 0 Å². The molecule has 0 aromatic carbocycles. The fourth-order valence-electron chi connectivity index (χ4n) is 3.01. The van der Waals surface area contributed by atoms with Crippen LogP contribution >= 0.6 is 0 Å². The van der Waals surface area contributed by atoms with Gasteiger partial charge in [-0.2, -0.15) is 44.6 Å². The van der Waals surface area contributed by atoms with Crippen LogP contribution in [-0.2, 0) is 16.6 Å². The molecule has 11 nitrogen and oxygen atoms in total. The molecule has 43 heavy (non-hydrogen) atoms. The molecule has 1 amide bonds. The van der Waals surface area contributed by atoms with Crippen molar-refractivity contribution >= 4 is 23.4 Å². The van der Waals surface area contributed by atoms with E-state index in [1.807, 2.05) is 5.32 Å². The van der Waals surface area contributed by atoms with Gasteiger partial charge in [-0.25, -0.2) is 14.6 Å². The van der Waals surface area contributed by atoms with Crippen molar-refractivity contribution < 1.29 is 64.1 Å². The number of imidazole rings is 1. The number of fused-ring (bicyclic) bond motifs is 1. The van der Waals surface area contributed by atoms with Crippen LogP contribution in [0.25, 0.3) is 16.9 Å². The Labute approximate surface area is 233 Å². The second kappa shape index (κ2) is 13.2. The molecule has 4 aromatic heterocycles. The van der Waals surface area contributed by atoms with Crippen molar-refractivity contribution in [2.45, 2.75) is 24.6 Å². The summed E-state index contributed by atoms with van der Waals surface area (Å²) in [6.07, 6.45) is -8.69. The third kappa shape index (κ3) is 9.43. The summed E-state index contributed by atoms with van der Waals surface area (Å²) < 4.78 is 107. The number of carboxylic acids is 2. The molecular formula is C23H17F9N6O5. The zero-order valence-corrected chi connectivity index (χ0v) is 21.1. The van der Waals surface area contributed by atoms with E-state index in [1.165, 1.54) is 24.4 Å². The Morgan fingerprint density at radius 2 is 1.44 bits per heavy atom. The quantitative estimate of drug-likeness (QED) is 0.281. The number of hydrogen-bond donors (Lipinski definition) is 3. The lowest BCUT2D eigenvalue weighted by Crippen LogP contribution is -2.38. The topological polar surface area (TPSA) is 152 Å². The molecule has 0 aliphatic carbocycles. The Balaban J connectivity index is 0.000000384. The molecule has 20 heteroatoms. The van der Waals surface area contributed by atoms with Gasteiger partial charge < -0.3 is 15.5 Å². The van der Waals surface area contributed by atoms with E-state index in [0.29, 0.717) is 16.9 Å². The summed E-state index contributed by atoms with van der Waals surface area (Å²) in [6.45, 7) is 0. The van der Waals surface area contributed by atoms with Gasteiger partial charge in [-0.3, -0.25) is 18.9 Å². The van der Waals surface area contributed by atoms with Gasteiger partial charge in [0.25, 0.3) is 5.91 Å². The van der Waals surface area contributed by atoms with Gasteiger partial charge in [-0.1, -0.05) is 12.1 Å². The lowest BCUT2D eigenvalue weighted by Gasteiger charge is -2.20. The highest BCUT2D eigenvalue weighted by Gasteiger charge is 2.43. The molecule has 0 aliphatic heterocycles.